The van der Waals surface area contributed by atoms with E-state index < -0.39 is 0 Å². The number of para-hydroxylation sites is 1. The number of rotatable bonds is 5. The Balaban J connectivity index is 1.81. The molecule has 0 radical (unpaired) electrons. The maximum atomic E-state index is 5.35. The molecule has 1 aliphatic rings. The summed E-state index contributed by atoms with van der Waals surface area (Å²) in [6, 6.07) is 8.27. The average molecular weight is 268 g/mol. The minimum atomic E-state index is 0.592. The van der Waals surface area contributed by atoms with Gasteiger partial charge in [0.05, 0.1) is 23.9 Å². The van der Waals surface area contributed by atoms with E-state index >= 15 is 0 Å². The molecule has 0 saturated carbocycles. The van der Waals surface area contributed by atoms with Crippen molar-refractivity contribution in [2.45, 2.75) is 4.90 Å². The van der Waals surface area contributed by atoms with Crippen molar-refractivity contribution in [3.63, 3.8) is 0 Å². The van der Waals surface area contributed by atoms with Crippen LogP contribution in [0, 0.1) is 0 Å². The Morgan fingerprint density at radius 3 is 3.12 bits per heavy atom. The second-order valence-electron chi connectivity index (χ2n) is 3.51. The summed E-state index contributed by atoms with van der Waals surface area (Å²) in [5.41, 5.74) is 6.44. The lowest BCUT2D eigenvalue weighted by atomic mass is 10.3. The number of nitrogens with zero attached hydrogens (tertiary/aromatic N) is 1. The van der Waals surface area contributed by atoms with Gasteiger partial charge in [-0.25, -0.2) is 4.99 Å². The summed E-state index contributed by atoms with van der Waals surface area (Å²) in [6.07, 6.45) is 0. The smallest absolute Gasteiger partial charge is 0.0842 e. The van der Waals surface area contributed by atoms with Crippen LogP contribution in [-0.2, 0) is 4.74 Å². The van der Waals surface area contributed by atoms with E-state index in [1.165, 1.54) is 9.94 Å². The van der Waals surface area contributed by atoms with Crippen molar-refractivity contribution in [2.75, 3.05) is 31.3 Å². The topological polar surface area (TPSA) is 47.6 Å². The highest BCUT2D eigenvalue weighted by atomic mass is 32.2. The van der Waals surface area contributed by atoms with E-state index in [1.54, 1.807) is 11.8 Å². The van der Waals surface area contributed by atoms with Crippen molar-refractivity contribution in [2.24, 2.45) is 10.7 Å². The third kappa shape index (κ3) is 4.03. The van der Waals surface area contributed by atoms with Crippen LogP contribution in [0.5, 0.6) is 0 Å². The molecule has 5 heteroatoms. The zero-order valence-corrected chi connectivity index (χ0v) is 11.2. The predicted molar refractivity (Wildman–Crippen MR) is 76.6 cm³/mol. The first kappa shape index (κ1) is 13.0. The Bertz CT molecular complexity index is 396. The maximum absolute atomic E-state index is 5.35. The molecule has 3 nitrogen and oxygen atoms in total. The van der Waals surface area contributed by atoms with Crippen LogP contribution < -0.4 is 5.73 Å². The molecule has 0 saturated heterocycles. The van der Waals surface area contributed by atoms with Crippen molar-refractivity contribution in [3.8, 4) is 0 Å². The van der Waals surface area contributed by atoms with Crippen molar-refractivity contribution in [1.29, 1.82) is 0 Å². The average Bonchev–Trinajstić information content (AvgIpc) is 2.38. The van der Waals surface area contributed by atoms with Gasteiger partial charge in [0.1, 0.15) is 0 Å². The fourth-order valence-electron chi connectivity index (χ4n) is 1.46. The summed E-state index contributed by atoms with van der Waals surface area (Å²) in [4.78, 5) is 5.92. The molecule has 0 fully saturated rings. The van der Waals surface area contributed by atoms with Crippen LogP contribution in [-0.4, -0.2) is 36.3 Å². The van der Waals surface area contributed by atoms with E-state index in [-0.39, 0.29) is 0 Å². The fourth-order valence-corrected chi connectivity index (χ4v) is 3.35. The van der Waals surface area contributed by atoms with Crippen molar-refractivity contribution >= 4 is 34.3 Å². The molecular formula is C12H16N2OS2. The van der Waals surface area contributed by atoms with E-state index in [1.807, 2.05) is 17.8 Å². The van der Waals surface area contributed by atoms with Crippen LogP contribution in [0.4, 0.5) is 5.69 Å². The molecule has 0 bridgehead atoms. The number of hydrogen-bond acceptors (Lipinski definition) is 5. The molecule has 92 valence electrons. The van der Waals surface area contributed by atoms with Crippen LogP contribution in [0.25, 0.3) is 0 Å². The van der Waals surface area contributed by atoms with Crippen LogP contribution in [0.2, 0.25) is 0 Å². The molecule has 0 atom stereocenters. The number of aliphatic imine (C=N–C) groups is 1. The number of thioether (sulfide) groups is 2. The van der Waals surface area contributed by atoms with Crippen molar-refractivity contribution in [1.82, 2.24) is 0 Å². The number of benzene rings is 1. The fraction of sp³-hybridized carbons (Fsp3) is 0.417. The first-order valence-electron chi connectivity index (χ1n) is 5.60. The summed E-state index contributed by atoms with van der Waals surface area (Å²) >= 11 is 3.63. The number of hydrogen-bond donors (Lipinski definition) is 1. The molecule has 1 aliphatic heterocycles. The Morgan fingerprint density at radius 1 is 1.35 bits per heavy atom. The Hall–Kier alpha value is -0.490. The lowest BCUT2D eigenvalue weighted by molar-refractivity contribution is 0.158. The number of nitrogens with two attached hydrogens (primary N) is 1. The van der Waals surface area contributed by atoms with Gasteiger partial charge >= 0.3 is 0 Å². The molecule has 1 aromatic carbocycles. The van der Waals surface area contributed by atoms with Gasteiger partial charge in [0.25, 0.3) is 0 Å². The van der Waals surface area contributed by atoms with E-state index in [9.17, 15) is 0 Å². The summed E-state index contributed by atoms with van der Waals surface area (Å²) in [5.74, 6) is 1.92. The van der Waals surface area contributed by atoms with Gasteiger partial charge < -0.3 is 10.5 Å². The van der Waals surface area contributed by atoms with E-state index in [2.05, 4.69) is 23.2 Å². The maximum Gasteiger partial charge on any atom is 0.0842 e. The minimum absolute atomic E-state index is 0.592. The minimum Gasteiger partial charge on any atom is -0.379 e. The van der Waals surface area contributed by atoms with Crippen LogP contribution in [0.15, 0.2) is 34.2 Å². The molecule has 0 aliphatic carbocycles. The zero-order valence-electron chi connectivity index (χ0n) is 9.59. The Morgan fingerprint density at radius 2 is 2.24 bits per heavy atom. The third-order valence-corrected chi connectivity index (χ3v) is 4.42. The molecule has 17 heavy (non-hydrogen) atoms. The van der Waals surface area contributed by atoms with Gasteiger partial charge in [-0.3, -0.25) is 0 Å². The Kier molecular flexibility index (Phi) is 5.38. The van der Waals surface area contributed by atoms with E-state index in [0.717, 1.165) is 23.8 Å². The van der Waals surface area contributed by atoms with E-state index in [4.69, 9.17) is 10.5 Å². The quantitative estimate of drug-likeness (QED) is 0.834. The lowest BCUT2D eigenvalue weighted by Gasteiger charge is -2.14. The van der Waals surface area contributed by atoms with Crippen molar-refractivity contribution < 1.29 is 4.74 Å². The number of ether oxygens (including phenoxy) is 1. The molecule has 1 aromatic rings. The highest BCUT2D eigenvalue weighted by Gasteiger charge is 2.11. The van der Waals surface area contributed by atoms with Crippen LogP contribution in [0.1, 0.15) is 0 Å². The first-order chi connectivity index (χ1) is 8.40. The normalized spacial score (nSPS) is 14.3. The zero-order chi connectivity index (χ0) is 11.9. The SMILES string of the molecule is NCCOCCSC1=Nc2ccccc2SC1. The molecule has 2 N–H and O–H groups in total. The highest BCUT2D eigenvalue weighted by Crippen LogP contribution is 2.35. The predicted octanol–water partition coefficient (Wildman–Crippen LogP) is 2.53. The van der Waals surface area contributed by atoms with Gasteiger partial charge in [-0.05, 0) is 12.1 Å². The lowest BCUT2D eigenvalue weighted by Crippen LogP contribution is -2.11. The number of fused-ring (bicyclic) bond motifs is 1. The summed E-state index contributed by atoms with van der Waals surface area (Å²) in [5, 5.41) is 1.19. The van der Waals surface area contributed by atoms with Gasteiger partial charge in [-0.1, -0.05) is 12.1 Å². The molecule has 2 rings (SSSR count). The van der Waals surface area contributed by atoms with Gasteiger partial charge in [-0.2, -0.15) is 0 Å². The summed E-state index contributed by atoms with van der Waals surface area (Å²) in [6.45, 7) is 1.98. The standard InChI is InChI=1S/C12H16N2OS2/c13-5-6-15-7-8-16-12-9-17-11-4-2-1-3-10(11)14-12/h1-4H,5-9,13H2. The summed E-state index contributed by atoms with van der Waals surface area (Å²) in [7, 11) is 0. The van der Waals surface area contributed by atoms with Gasteiger partial charge in [0.2, 0.25) is 0 Å². The molecule has 0 unspecified atom stereocenters. The molecular weight excluding hydrogens is 252 g/mol. The van der Waals surface area contributed by atoms with Crippen molar-refractivity contribution in [3.05, 3.63) is 24.3 Å². The van der Waals surface area contributed by atoms with Crippen LogP contribution in [0.3, 0.4) is 0 Å². The molecule has 0 aromatic heterocycles. The monoisotopic (exact) mass is 268 g/mol. The highest BCUT2D eigenvalue weighted by molar-refractivity contribution is 8.16. The second kappa shape index (κ2) is 7.06. The molecule has 0 spiro atoms. The Labute approximate surface area is 110 Å². The summed E-state index contributed by atoms with van der Waals surface area (Å²) < 4.78 is 5.34. The molecule has 1 heterocycles. The first-order valence-corrected chi connectivity index (χ1v) is 7.57. The molecule has 0 amide bonds. The van der Waals surface area contributed by atoms with Gasteiger partial charge in [0.15, 0.2) is 0 Å². The van der Waals surface area contributed by atoms with Gasteiger partial charge in [-0.15, -0.1) is 23.5 Å². The van der Waals surface area contributed by atoms with Gasteiger partial charge in [0, 0.05) is 22.9 Å². The van der Waals surface area contributed by atoms with Crippen LogP contribution >= 0.6 is 23.5 Å². The third-order valence-electron chi connectivity index (χ3n) is 2.22. The second-order valence-corrected chi connectivity index (χ2v) is 5.70. The largest absolute Gasteiger partial charge is 0.379 e. The van der Waals surface area contributed by atoms with E-state index in [0.29, 0.717) is 13.2 Å².